The van der Waals surface area contributed by atoms with Crippen LogP contribution in [0.2, 0.25) is 0 Å². The van der Waals surface area contributed by atoms with Crippen LogP contribution in [-0.4, -0.2) is 19.5 Å². The number of rotatable bonds is 4. The average Bonchev–Trinajstić information content (AvgIpc) is 2.34. The topological polar surface area (TPSA) is 55.1 Å². The highest BCUT2D eigenvalue weighted by atomic mass is 19.4. The molecule has 0 spiro atoms. The van der Waals surface area contributed by atoms with Gasteiger partial charge in [-0.1, -0.05) is 18.2 Å². The normalized spacial score (nSPS) is 13.2. The van der Waals surface area contributed by atoms with Gasteiger partial charge in [0.15, 0.2) is 0 Å². The van der Waals surface area contributed by atoms with Crippen molar-refractivity contribution >= 4 is 5.91 Å². The first kappa shape index (κ1) is 14.5. The summed E-state index contributed by atoms with van der Waals surface area (Å²) >= 11 is 0. The van der Waals surface area contributed by atoms with Gasteiger partial charge in [0, 0.05) is 13.6 Å². The first-order valence-electron chi connectivity index (χ1n) is 5.47. The molecule has 0 aromatic heterocycles. The van der Waals surface area contributed by atoms with Gasteiger partial charge in [-0.15, -0.1) is 0 Å². The molecule has 0 aliphatic rings. The number of benzene rings is 1. The molecule has 1 atom stereocenters. The summed E-state index contributed by atoms with van der Waals surface area (Å²) in [5, 5.41) is 2.39. The first-order chi connectivity index (χ1) is 8.40. The Balaban J connectivity index is 3.00. The highest BCUT2D eigenvalue weighted by Crippen LogP contribution is 2.32. The maximum absolute atomic E-state index is 12.8. The van der Waals surface area contributed by atoms with Crippen LogP contribution in [0, 0.1) is 5.92 Å². The molecule has 1 unspecified atom stereocenters. The lowest BCUT2D eigenvalue weighted by atomic mass is 9.94. The van der Waals surface area contributed by atoms with Crippen molar-refractivity contribution in [1.29, 1.82) is 0 Å². The van der Waals surface area contributed by atoms with E-state index in [2.05, 4.69) is 5.32 Å². The van der Waals surface area contributed by atoms with Crippen LogP contribution >= 0.6 is 0 Å². The summed E-state index contributed by atoms with van der Waals surface area (Å²) in [4.78, 5) is 11.4. The highest BCUT2D eigenvalue weighted by molar-refractivity contribution is 5.78. The number of halogens is 3. The molecule has 18 heavy (non-hydrogen) atoms. The molecule has 0 aliphatic heterocycles. The lowest BCUT2D eigenvalue weighted by molar-refractivity contribution is -0.138. The van der Waals surface area contributed by atoms with Gasteiger partial charge in [-0.25, -0.2) is 0 Å². The number of alkyl halides is 3. The van der Waals surface area contributed by atoms with Crippen molar-refractivity contribution < 1.29 is 18.0 Å². The fraction of sp³-hybridized carbons (Fsp3) is 0.417. The smallest absolute Gasteiger partial charge is 0.359 e. The van der Waals surface area contributed by atoms with E-state index in [-0.39, 0.29) is 24.4 Å². The second-order valence-corrected chi connectivity index (χ2v) is 3.91. The van der Waals surface area contributed by atoms with Gasteiger partial charge in [-0.05, 0) is 18.1 Å². The van der Waals surface area contributed by atoms with E-state index in [1.807, 2.05) is 0 Å². The van der Waals surface area contributed by atoms with E-state index in [1.54, 1.807) is 0 Å². The number of nitrogens with two attached hydrogens (primary N) is 1. The Hall–Kier alpha value is -1.56. The fourth-order valence-electron chi connectivity index (χ4n) is 1.73. The summed E-state index contributed by atoms with van der Waals surface area (Å²) in [5.74, 6) is -1.01. The summed E-state index contributed by atoms with van der Waals surface area (Å²) in [7, 11) is 1.43. The molecule has 0 radical (unpaired) electrons. The predicted octanol–water partition coefficient (Wildman–Crippen LogP) is 1.57. The first-order valence-corrected chi connectivity index (χ1v) is 5.47. The minimum Gasteiger partial charge on any atom is -0.359 e. The SMILES string of the molecule is CNC(=O)C(CN)Cc1ccccc1C(F)(F)F. The van der Waals surface area contributed by atoms with E-state index in [0.717, 1.165) is 6.07 Å². The quantitative estimate of drug-likeness (QED) is 0.863. The summed E-state index contributed by atoms with van der Waals surface area (Å²) in [6.45, 7) is 0.00582. The molecule has 0 aliphatic carbocycles. The molecule has 3 nitrogen and oxygen atoms in total. The molecule has 6 heteroatoms. The molecule has 0 saturated carbocycles. The van der Waals surface area contributed by atoms with Gasteiger partial charge in [-0.3, -0.25) is 4.79 Å². The van der Waals surface area contributed by atoms with Gasteiger partial charge in [-0.2, -0.15) is 13.2 Å². The third-order valence-corrected chi connectivity index (χ3v) is 2.69. The monoisotopic (exact) mass is 260 g/mol. The minimum absolute atomic E-state index is 0.00582. The minimum atomic E-state index is -4.42. The Bertz CT molecular complexity index is 418. The van der Waals surface area contributed by atoms with E-state index >= 15 is 0 Å². The van der Waals surface area contributed by atoms with Crippen LogP contribution in [0.1, 0.15) is 11.1 Å². The molecular formula is C12H15F3N2O. The molecule has 100 valence electrons. The molecule has 3 N–H and O–H groups in total. The number of amides is 1. The van der Waals surface area contributed by atoms with E-state index in [9.17, 15) is 18.0 Å². The highest BCUT2D eigenvalue weighted by Gasteiger charge is 2.33. The number of nitrogens with one attached hydrogen (secondary N) is 1. The molecule has 1 amide bonds. The number of carbonyl (C=O) groups is 1. The van der Waals surface area contributed by atoms with Gasteiger partial charge >= 0.3 is 6.18 Å². The van der Waals surface area contributed by atoms with E-state index in [0.29, 0.717) is 0 Å². The summed E-state index contributed by atoms with van der Waals surface area (Å²) in [5.41, 5.74) is 4.79. The summed E-state index contributed by atoms with van der Waals surface area (Å²) in [6, 6.07) is 5.22. The second kappa shape index (κ2) is 5.86. The molecule has 0 heterocycles. The molecule has 0 fully saturated rings. The second-order valence-electron chi connectivity index (χ2n) is 3.91. The lowest BCUT2D eigenvalue weighted by Crippen LogP contribution is -2.34. The van der Waals surface area contributed by atoms with E-state index < -0.39 is 17.7 Å². The van der Waals surface area contributed by atoms with Crippen LogP contribution in [-0.2, 0) is 17.4 Å². The standard InChI is InChI=1S/C12H15F3N2O/c1-17-11(18)9(7-16)6-8-4-2-3-5-10(8)12(13,14)15/h2-5,9H,6-7,16H2,1H3,(H,17,18). The van der Waals surface area contributed by atoms with Crippen LogP contribution in [0.15, 0.2) is 24.3 Å². The Morgan fingerprint density at radius 2 is 2.00 bits per heavy atom. The third-order valence-electron chi connectivity index (χ3n) is 2.69. The molecule has 1 rings (SSSR count). The fourth-order valence-corrected chi connectivity index (χ4v) is 1.73. The van der Waals surface area contributed by atoms with Crippen LogP contribution in [0.25, 0.3) is 0 Å². The van der Waals surface area contributed by atoms with Crippen molar-refractivity contribution in [2.75, 3.05) is 13.6 Å². The maximum Gasteiger partial charge on any atom is 0.416 e. The maximum atomic E-state index is 12.8. The zero-order valence-corrected chi connectivity index (χ0v) is 9.92. The van der Waals surface area contributed by atoms with Crippen LogP contribution < -0.4 is 11.1 Å². The number of hydrogen-bond acceptors (Lipinski definition) is 2. The van der Waals surface area contributed by atoms with Crippen molar-refractivity contribution in [1.82, 2.24) is 5.32 Å². The van der Waals surface area contributed by atoms with Gasteiger partial charge in [0.2, 0.25) is 5.91 Å². The van der Waals surface area contributed by atoms with Crippen LogP contribution in [0.3, 0.4) is 0 Å². The summed E-state index contributed by atoms with van der Waals surface area (Å²) < 4.78 is 38.3. The van der Waals surface area contributed by atoms with Crippen molar-refractivity contribution in [2.24, 2.45) is 11.7 Å². The van der Waals surface area contributed by atoms with Gasteiger partial charge < -0.3 is 11.1 Å². The van der Waals surface area contributed by atoms with E-state index in [1.165, 1.54) is 25.2 Å². The Morgan fingerprint density at radius 3 is 2.50 bits per heavy atom. The van der Waals surface area contributed by atoms with Crippen molar-refractivity contribution in [3.05, 3.63) is 35.4 Å². The third kappa shape index (κ3) is 3.46. The van der Waals surface area contributed by atoms with E-state index in [4.69, 9.17) is 5.73 Å². The Kier molecular flexibility index (Phi) is 4.72. The van der Waals surface area contributed by atoms with Crippen LogP contribution in [0.4, 0.5) is 13.2 Å². The van der Waals surface area contributed by atoms with Crippen molar-refractivity contribution in [3.63, 3.8) is 0 Å². The molecule has 0 bridgehead atoms. The molecule has 0 saturated heterocycles. The lowest BCUT2D eigenvalue weighted by Gasteiger charge is -2.17. The Morgan fingerprint density at radius 1 is 1.39 bits per heavy atom. The molecule has 1 aromatic carbocycles. The van der Waals surface area contributed by atoms with Gasteiger partial charge in [0.05, 0.1) is 11.5 Å². The van der Waals surface area contributed by atoms with Crippen molar-refractivity contribution in [3.8, 4) is 0 Å². The summed E-state index contributed by atoms with van der Waals surface area (Å²) in [6.07, 6.45) is -4.44. The van der Waals surface area contributed by atoms with Gasteiger partial charge in [0.1, 0.15) is 0 Å². The Labute approximate surface area is 103 Å². The zero-order chi connectivity index (χ0) is 13.8. The molecular weight excluding hydrogens is 245 g/mol. The van der Waals surface area contributed by atoms with Crippen LogP contribution in [0.5, 0.6) is 0 Å². The number of carbonyl (C=O) groups excluding carboxylic acids is 1. The number of hydrogen-bond donors (Lipinski definition) is 2. The zero-order valence-electron chi connectivity index (χ0n) is 9.92. The molecule has 1 aromatic rings. The van der Waals surface area contributed by atoms with Crippen molar-refractivity contribution in [2.45, 2.75) is 12.6 Å². The van der Waals surface area contributed by atoms with Gasteiger partial charge in [0.25, 0.3) is 0 Å². The average molecular weight is 260 g/mol. The predicted molar refractivity (Wildman–Crippen MR) is 61.8 cm³/mol. The largest absolute Gasteiger partial charge is 0.416 e.